The molecule has 5 heteroatoms. The minimum absolute atomic E-state index is 0.0866. The Kier molecular flexibility index (Phi) is 3.79. The number of aromatic nitrogens is 2. The Bertz CT molecular complexity index is 740. The van der Waals surface area contributed by atoms with Crippen molar-refractivity contribution in [3.8, 4) is 11.4 Å². The minimum Gasteiger partial charge on any atom is -0.504 e. The molecule has 2 aliphatic rings. The molecule has 24 heavy (non-hydrogen) atoms. The maximum atomic E-state index is 12.5. The molecule has 2 saturated carbocycles. The largest absolute Gasteiger partial charge is 0.504 e. The van der Waals surface area contributed by atoms with Gasteiger partial charge in [-0.2, -0.15) is 5.10 Å². The highest BCUT2D eigenvalue weighted by atomic mass is 16.3. The first-order chi connectivity index (χ1) is 11.6. The monoisotopic (exact) mass is 325 g/mol. The molecule has 2 aromatic rings. The van der Waals surface area contributed by atoms with E-state index in [9.17, 15) is 9.90 Å². The van der Waals surface area contributed by atoms with Crippen molar-refractivity contribution < 1.29 is 9.90 Å². The standard InChI is InChI=1S/C19H23N3O2/c1-12(16-10-13-7-8-14(16)9-13)20-19(24)18-17(23)11-22(21-18)15-5-3-2-4-6-15/h2-6,11-14,16,23H,7-10H2,1H3,(H,20,24). The summed E-state index contributed by atoms with van der Waals surface area (Å²) >= 11 is 0. The van der Waals surface area contributed by atoms with E-state index in [-0.39, 0.29) is 23.4 Å². The highest BCUT2D eigenvalue weighted by molar-refractivity contribution is 5.95. The molecule has 1 aromatic carbocycles. The van der Waals surface area contributed by atoms with Crippen LogP contribution in [0.3, 0.4) is 0 Å². The van der Waals surface area contributed by atoms with Gasteiger partial charge < -0.3 is 10.4 Å². The Morgan fingerprint density at radius 1 is 1.29 bits per heavy atom. The summed E-state index contributed by atoms with van der Waals surface area (Å²) in [6, 6.07) is 9.58. The molecule has 2 fully saturated rings. The second-order valence-electron chi connectivity index (χ2n) is 7.24. The Hall–Kier alpha value is -2.30. The van der Waals surface area contributed by atoms with Crippen molar-refractivity contribution in [2.75, 3.05) is 0 Å². The Balaban J connectivity index is 1.47. The van der Waals surface area contributed by atoms with Crippen molar-refractivity contribution in [3.05, 3.63) is 42.2 Å². The van der Waals surface area contributed by atoms with Gasteiger partial charge in [0.15, 0.2) is 11.4 Å². The quantitative estimate of drug-likeness (QED) is 0.907. The first kappa shape index (κ1) is 15.2. The molecule has 2 aliphatic carbocycles. The molecule has 0 saturated heterocycles. The summed E-state index contributed by atoms with van der Waals surface area (Å²) < 4.78 is 1.53. The van der Waals surface area contributed by atoms with E-state index in [2.05, 4.69) is 17.3 Å². The zero-order valence-corrected chi connectivity index (χ0v) is 13.9. The number of hydrogen-bond acceptors (Lipinski definition) is 3. The number of nitrogens with one attached hydrogen (secondary N) is 1. The third-order valence-electron chi connectivity index (χ3n) is 5.72. The number of amides is 1. The summed E-state index contributed by atoms with van der Waals surface area (Å²) in [5, 5.41) is 17.4. The van der Waals surface area contributed by atoms with Crippen LogP contribution in [0, 0.1) is 17.8 Å². The fourth-order valence-electron chi connectivity index (χ4n) is 4.53. The van der Waals surface area contributed by atoms with E-state index in [1.807, 2.05) is 30.3 Å². The van der Waals surface area contributed by atoms with Crippen LogP contribution in [0.15, 0.2) is 36.5 Å². The number of carbonyl (C=O) groups is 1. The van der Waals surface area contributed by atoms with Gasteiger partial charge >= 0.3 is 0 Å². The SMILES string of the molecule is CC(NC(=O)c1nn(-c2ccccc2)cc1O)C1CC2CCC1C2. The van der Waals surface area contributed by atoms with Gasteiger partial charge in [0, 0.05) is 6.04 Å². The molecule has 1 heterocycles. The molecule has 2 bridgehead atoms. The van der Waals surface area contributed by atoms with E-state index in [1.54, 1.807) is 0 Å². The summed E-state index contributed by atoms with van der Waals surface area (Å²) in [5.41, 5.74) is 0.905. The second-order valence-corrected chi connectivity index (χ2v) is 7.24. The molecule has 126 valence electrons. The number of hydrogen-bond donors (Lipinski definition) is 2. The van der Waals surface area contributed by atoms with Crippen LogP contribution >= 0.6 is 0 Å². The summed E-state index contributed by atoms with van der Waals surface area (Å²) in [7, 11) is 0. The van der Waals surface area contributed by atoms with Gasteiger partial charge in [-0.05, 0) is 56.1 Å². The predicted octanol–water partition coefficient (Wildman–Crippen LogP) is 3.13. The van der Waals surface area contributed by atoms with Crippen molar-refractivity contribution >= 4 is 5.91 Å². The minimum atomic E-state index is -0.294. The second kappa shape index (κ2) is 5.96. The fraction of sp³-hybridized carbons (Fsp3) is 0.474. The van der Waals surface area contributed by atoms with E-state index in [1.165, 1.54) is 36.6 Å². The van der Waals surface area contributed by atoms with Crippen LogP contribution in [0.4, 0.5) is 0 Å². The smallest absolute Gasteiger partial charge is 0.275 e. The van der Waals surface area contributed by atoms with E-state index in [0.29, 0.717) is 5.92 Å². The summed E-state index contributed by atoms with van der Waals surface area (Å²) in [5.74, 6) is 1.78. The average Bonchev–Trinajstić information content (AvgIpc) is 3.30. The lowest BCUT2D eigenvalue weighted by atomic mass is 9.84. The van der Waals surface area contributed by atoms with Gasteiger partial charge in [-0.15, -0.1) is 0 Å². The molecular formula is C19H23N3O2. The van der Waals surface area contributed by atoms with Crippen LogP contribution in [0.5, 0.6) is 5.75 Å². The van der Waals surface area contributed by atoms with E-state index in [4.69, 9.17) is 0 Å². The van der Waals surface area contributed by atoms with Gasteiger partial charge in [0.05, 0.1) is 11.9 Å². The topological polar surface area (TPSA) is 67.2 Å². The van der Waals surface area contributed by atoms with Gasteiger partial charge in [-0.25, -0.2) is 4.68 Å². The average molecular weight is 325 g/mol. The predicted molar refractivity (Wildman–Crippen MR) is 91.1 cm³/mol. The van der Waals surface area contributed by atoms with Crippen LogP contribution in [0.2, 0.25) is 0 Å². The van der Waals surface area contributed by atoms with E-state index < -0.39 is 0 Å². The highest BCUT2D eigenvalue weighted by Crippen LogP contribution is 2.49. The molecule has 4 atom stereocenters. The van der Waals surface area contributed by atoms with Gasteiger partial charge in [-0.1, -0.05) is 24.6 Å². The van der Waals surface area contributed by atoms with E-state index in [0.717, 1.165) is 17.5 Å². The number of para-hydroxylation sites is 1. The molecule has 0 aliphatic heterocycles. The molecule has 0 radical (unpaired) electrons. The summed E-state index contributed by atoms with van der Waals surface area (Å²) in [6.45, 7) is 2.08. The lowest BCUT2D eigenvalue weighted by Crippen LogP contribution is -2.40. The number of rotatable bonds is 4. The Labute approximate surface area is 141 Å². The molecule has 1 aromatic heterocycles. The first-order valence-electron chi connectivity index (χ1n) is 8.76. The Morgan fingerprint density at radius 2 is 2.08 bits per heavy atom. The molecule has 5 nitrogen and oxygen atoms in total. The summed E-state index contributed by atoms with van der Waals surface area (Å²) in [6.07, 6.45) is 6.66. The van der Waals surface area contributed by atoms with Gasteiger partial charge in [0.1, 0.15) is 0 Å². The lowest BCUT2D eigenvalue weighted by Gasteiger charge is -2.28. The van der Waals surface area contributed by atoms with Crippen LogP contribution in [-0.4, -0.2) is 26.8 Å². The van der Waals surface area contributed by atoms with Gasteiger partial charge in [-0.3, -0.25) is 4.79 Å². The maximum Gasteiger partial charge on any atom is 0.275 e. The van der Waals surface area contributed by atoms with Gasteiger partial charge in [0.2, 0.25) is 0 Å². The number of fused-ring (bicyclic) bond motifs is 2. The third kappa shape index (κ3) is 2.68. The molecule has 4 rings (SSSR count). The molecule has 4 unspecified atom stereocenters. The summed E-state index contributed by atoms with van der Waals surface area (Å²) in [4.78, 5) is 12.5. The normalized spacial score (nSPS) is 26.5. The van der Waals surface area contributed by atoms with Gasteiger partial charge in [0.25, 0.3) is 5.91 Å². The van der Waals surface area contributed by atoms with Crippen LogP contribution in [0.1, 0.15) is 43.1 Å². The Morgan fingerprint density at radius 3 is 2.75 bits per heavy atom. The molecular weight excluding hydrogens is 302 g/mol. The highest BCUT2D eigenvalue weighted by Gasteiger charge is 2.42. The number of aromatic hydroxyl groups is 1. The van der Waals surface area contributed by atoms with Crippen molar-refractivity contribution in [3.63, 3.8) is 0 Å². The zero-order chi connectivity index (χ0) is 16.7. The maximum absolute atomic E-state index is 12.5. The first-order valence-corrected chi connectivity index (χ1v) is 8.76. The van der Waals surface area contributed by atoms with E-state index >= 15 is 0 Å². The van der Waals surface area contributed by atoms with Crippen LogP contribution in [-0.2, 0) is 0 Å². The number of nitrogens with zero attached hydrogens (tertiary/aromatic N) is 2. The lowest BCUT2D eigenvalue weighted by molar-refractivity contribution is 0.0907. The number of benzene rings is 1. The molecule has 0 spiro atoms. The zero-order valence-electron chi connectivity index (χ0n) is 13.9. The molecule has 2 N–H and O–H groups in total. The van der Waals surface area contributed by atoms with Crippen LogP contribution in [0.25, 0.3) is 5.69 Å². The fourth-order valence-corrected chi connectivity index (χ4v) is 4.53. The van der Waals surface area contributed by atoms with Crippen molar-refractivity contribution in [1.82, 2.24) is 15.1 Å². The van der Waals surface area contributed by atoms with Crippen LogP contribution < -0.4 is 5.32 Å². The van der Waals surface area contributed by atoms with Crippen molar-refractivity contribution in [2.24, 2.45) is 17.8 Å². The van der Waals surface area contributed by atoms with Crippen molar-refractivity contribution in [1.29, 1.82) is 0 Å². The number of carbonyl (C=O) groups excluding carboxylic acids is 1. The third-order valence-corrected chi connectivity index (χ3v) is 5.72. The van der Waals surface area contributed by atoms with Crippen molar-refractivity contribution in [2.45, 2.75) is 38.6 Å². The molecule has 1 amide bonds.